The molecule has 3 aliphatic rings. The van der Waals surface area contributed by atoms with E-state index in [0.29, 0.717) is 35.4 Å². The molecule has 0 bridgehead atoms. The summed E-state index contributed by atoms with van der Waals surface area (Å²) >= 11 is 0. The minimum absolute atomic E-state index is 0.0631. The molecule has 0 saturated heterocycles. The molecule has 4 rings (SSSR count). The van der Waals surface area contributed by atoms with Crippen molar-refractivity contribution in [2.45, 2.75) is 78.4 Å². The molecular weight excluding hydrogens is 348 g/mol. The fourth-order valence-corrected chi connectivity index (χ4v) is 7.67. The maximum atomic E-state index is 12.8. The van der Waals surface area contributed by atoms with Gasteiger partial charge in [0.15, 0.2) is 0 Å². The minimum Gasteiger partial charge on any atom is -0.544 e. The molecule has 0 unspecified atom stereocenters. The summed E-state index contributed by atoms with van der Waals surface area (Å²) in [7, 11) is -1.59. The number of benzene rings is 1. The summed E-state index contributed by atoms with van der Waals surface area (Å²) in [6.07, 6.45) is 5.42. The van der Waals surface area contributed by atoms with Gasteiger partial charge in [-0.1, -0.05) is 33.3 Å². The van der Waals surface area contributed by atoms with Gasteiger partial charge in [0.05, 0.1) is 0 Å². The average molecular weight is 385 g/mol. The molecule has 1 aromatic rings. The van der Waals surface area contributed by atoms with Crippen LogP contribution in [0, 0.1) is 29.1 Å². The van der Waals surface area contributed by atoms with Crippen LogP contribution in [-0.2, 0) is 11.2 Å². The largest absolute Gasteiger partial charge is 0.544 e. The number of fused-ring (bicyclic) bond motifs is 5. The lowest BCUT2D eigenvalue weighted by Gasteiger charge is -2.52. The number of rotatable bonds is 3. The summed E-state index contributed by atoms with van der Waals surface area (Å²) in [6, 6.07) is 6.90. The van der Waals surface area contributed by atoms with Gasteiger partial charge in [-0.05, 0) is 91.8 Å². The van der Waals surface area contributed by atoms with Crippen LogP contribution < -0.4 is 4.43 Å². The van der Waals surface area contributed by atoms with E-state index >= 15 is 0 Å². The van der Waals surface area contributed by atoms with Crippen LogP contribution in [0.3, 0.4) is 0 Å². The first kappa shape index (κ1) is 19.2. The van der Waals surface area contributed by atoms with Gasteiger partial charge in [0, 0.05) is 11.8 Å². The van der Waals surface area contributed by atoms with Gasteiger partial charge in [-0.15, -0.1) is 0 Å². The van der Waals surface area contributed by atoms with E-state index in [0.717, 1.165) is 25.0 Å². The van der Waals surface area contributed by atoms with Gasteiger partial charge >= 0.3 is 0 Å². The third-order valence-corrected chi connectivity index (χ3v) is 8.68. The third-order valence-electron chi connectivity index (χ3n) is 7.84. The molecule has 1 aromatic carbocycles. The first-order valence-corrected chi connectivity index (χ1v) is 14.4. The highest BCUT2D eigenvalue weighted by Gasteiger charge is 2.59. The number of carbonyl (C=O) groups excluding carboxylic acids is 1. The van der Waals surface area contributed by atoms with E-state index in [1.807, 2.05) is 0 Å². The van der Waals surface area contributed by atoms with Gasteiger partial charge in [-0.3, -0.25) is 4.79 Å². The molecular formula is C24H36O2Si. The van der Waals surface area contributed by atoms with Crippen molar-refractivity contribution in [1.82, 2.24) is 0 Å². The lowest BCUT2D eigenvalue weighted by atomic mass is 9.51. The summed E-state index contributed by atoms with van der Waals surface area (Å²) in [4.78, 5) is 12.8. The van der Waals surface area contributed by atoms with Crippen LogP contribution in [0.5, 0.6) is 5.75 Å². The van der Waals surface area contributed by atoms with Crippen molar-refractivity contribution < 1.29 is 9.22 Å². The van der Waals surface area contributed by atoms with Gasteiger partial charge < -0.3 is 4.43 Å². The zero-order valence-electron chi connectivity index (χ0n) is 18.0. The second-order valence-electron chi connectivity index (χ2n) is 10.7. The summed E-state index contributed by atoms with van der Waals surface area (Å²) in [6.45, 7) is 13.7. The van der Waals surface area contributed by atoms with Gasteiger partial charge in [0.2, 0.25) is 8.32 Å². The second-order valence-corrected chi connectivity index (χ2v) is 15.1. The normalized spacial score (nSPS) is 38.1. The van der Waals surface area contributed by atoms with Crippen molar-refractivity contribution in [2.75, 3.05) is 0 Å². The molecule has 2 saturated carbocycles. The van der Waals surface area contributed by atoms with E-state index in [1.54, 1.807) is 5.56 Å². The Labute approximate surface area is 166 Å². The lowest BCUT2D eigenvalue weighted by molar-refractivity contribution is -0.130. The fourth-order valence-electron chi connectivity index (χ4n) is 6.83. The number of hydrogen-bond donors (Lipinski definition) is 0. The molecule has 0 N–H and O–H groups in total. The van der Waals surface area contributed by atoms with Gasteiger partial charge in [0.1, 0.15) is 11.5 Å². The summed E-state index contributed by atoms with van der Waals surface area (Å²) in [5, 5.41) is 0. The summed E-state index contributed by atoms with van der Waals surface area (Å²) in [5.74, 6) is 4.71. The molecule has 0 heterocycles. The molecule has 0 aromatic heterocycles. The zero-order valence-corrected chi connectivity index (χ0v) is 19.0. The SMILES string of the molecule is CC[C@@H]1Cc2cc(O[Si](C)(C)C)ccc2[C@H]2CC[C@]3(C)C(=O)C[C@@H](C)[C@H]3[C@H]12. The predicted octanol–water partition coefficient (Wildman–Crippen LogP) is 6.21. The Morgan fingerprint density at radius 1 is 1.22 bits per heavy atom. The molecule has 27 heavy (non-hydrogen) atoms. The Kier molecular flexibility index (Phi) is 4.61. The quantitative estimate of drug-likeness (QED) is 0.579. The number of carbonyl (C=O) groups is 1. The zero-order chi connectivity index (χ0) is 19.6. The van der Waals surface area contributed by atoms with E-state index in [9.17, 15) is 4.79 Å². The predicted molar refractivity (Wildman–Crippen MR) is 114 cm³/mol. The molecule has 2 nitrogen and oxygen atoms in total. The molecule has 0 radical (unpaired) electrons. The van der Waals surface area contributed by atoms with Crippen molar-refractivity contribution in [1.29, 1.82) is 0 Å². The molecule has 148 valence electrons. The number of Topliss-reactive ketones (excluding diaryl/α,β-unsaturated/α-hetero) is 1. The van der Waals surface area contributed by atoms with Crippen molar-refractivity contribution in [2.24, 2.45) is 29.1 Å². The van der Waals surface area contributed by atoms with Gasteiger partial charge in [-0.25, -0.2) is 0 Å². The Bertz CT molecular complexity index is 749. The Balaban J connectivity index is 1.72. The highest BCUT2D eigenvalue weighted by atomic mass is 28.4. The molecule has 3 heteroatoms. The highest BCUT2D eigenvalue weighted by Crippen LogP contribution is 2.63. The lowest BCUT2D eigenvalue weighted by Crippen LogP contribution is -2.47. The topological polar surface area (TPSA) is 26.3 Å². The first-order valence-electron chi connectivity index (χ1n) is 11.0. The maximum Gasteiger partial charge on any atom is 0.242 e. The Hall–Kier alpha value is -1.09. The number of hydrogen-bond acceptors (Lipinski definition) is 2. The Morgan fingerprint density at radius 3 is 2.63 bits per heavy atom. The van der Waals surface area contributed by atoms with Gasteiger partial charge in [0.25, 0.3) is 0 Å². The monoisotopic (exact) mass is 384 g/mol. The molecule has 0 spiro atoms. The number of ketones is 1. The van der Waals surface area contributed by atoms with E-state index < -0.39 is 8.32 Å². The van der Waals surface area contributed by atoms with Gasteiger partial charge in [-0.2, -0.15) is 0 Å². The van der Waals surface area contributed by atoms with Crippen LogP contribution in [0.25, 0.3) is 0 Å². The molecule has 6 atom stereocenters. The highest BCUT2D eigenvalue weighted by molar-refractivity contribution is 6.70. The Morgan fingerprint density at radius 2 is 1.96 bits per heavy atom. The maximum absolute atomic E-state index is 12.8. The standard InChI is InChI=1S/C24H36O2Si/c1-7-16-13-17-14-18(26-27(4,5)6)8-9-19(17)20-10-11-24(3)21(25)12-15(2)23(24)22(16)20/h8-9,14-16,20,22-23H,7,10-13H2,1-6H3/t15-,16-,20-,22-,23+,24-/m1/s1. The van der Waals surface area contributed by atoms with E-state index in [1.165, 1.54) is 18.4 Å². The van der Waals surface area contributed by atoms with E-state index in [4.69, 9.17) is 4.43 Å². The molecule has 3 aliphatic carbocycles. The van der Waals surface area contributed by atoms with Crippen LogP contribution in [-0.4, -0.2) is 14.1 Å². The van der Waals surface area contributed by atoms with Crippen molar-refractivity contribution in [3.05, 3.63) is 29.3 Å². The van der Waals surface area contributed by atoms with Crippen molar-refractivity contribution in [3.8, 4) is 5.75 Å². The third kappa shape index (κ3) is 3.10. The van der Waals surface area contributed by atoms with Crippen LogP contribution in [0.4, 0.5) is 0 Å². The molecule has 0 aliphatic heterocycles. The fraction of sp³-hybridized carbons (Fsp3) is 0.708. The van der Waals surface area contributed by atoms with E-state index in [-0.39, 0.29) is 5.41 Å². The van der Waals surface area contributed by atoms with Crippen LogP contribution in [0.15, 0.2) is 18.2 Å². The van der Waals surface area contributed by atoms with Crippen LogP contribution in [0.2, 0.25) is 19.6 Å². The summed E-state index contributed by atoms with van der Waals surface area (Å²) in [5.41, 5.74) is 3.01. The van der Waals surface area contributed by atoms with E-state index in [2.05, 4.69) is 58.6 Å². The van der Waals surface area contributed by atoms with Crippen LogP contribution in [0.1, 0.15) is 63.5 Å². The molecule has 2 fully saturated rings. The summed E-state index contributed by atoms with van der Waals surface area (Å²) < 4.78 is 6.28. The first-order chi connectivity index (χ1) is 12.6. The second kappa shape index (κ2) is 6.47. The average Bonchev–Trinajstić information content (AvgIpc) is 2.81. The molecule has 0 amide bonds. The smallest absolute Gasteiger partial charge is 0.242 e. The van der Waals surface area contributed by atoms with Crippen molar-refractivity contribution in [3.63, 3.8) is 0 Å². The van der Waals surface area contributed by atoms with Crippen LogP contribution >= 0.6 is 0 Å². The minimum atomic E-state index is -1.59. The van der Waals surface area contributed by atoms with Crippen molar-refractivity contribution >= 4 is 14.1 Å².